The average molecular weight is 446 g/mol. The molecule has 1 amide bonds. The van der Waals surface area contributed by atoms with Gasteiger partial charge >= 0.3 is 0 Å². The molecule has 0 spiro atoms. The highest BCUT2D eigenvalue weighted by molar-refractivity contribution is 7.99. The van der Waals surface area contributed by atoms with Crippen LogP contribution < -0.4 is 9.62 Å². The summed E-state index contributed by atoms with van der Waals surface area (Å²) < 4.78 is 27.5. The quantitative estimate of drug-likeness (QED) is 0.536. The number of hydrogen-bond donors (Lipinski definition) is 1. The molecular formula is C20H23N5O3S2. The summed E-state index contributed by atoms with van der Waals surface area (Å²) in [5, 5.41) is 11.6. The number of thioether (sulfide) groups is 1. The van der Waals surface area contributed by atoms with Gasteiger partial charge in [0.1, 0.15) is 0 Å². The van der Waals surface area contributed by atoms with Crippen LogP contribution in [-0.2, 0) is 28.4 Å². The van der Waals surface area contributed by atoms with E-state index in [1.807, 2.05) is 37.3 Å². The molecule has 30 heavy (non-hydrogen) atoms. The molecule has 1 heterocycles. The second-order valence-electron chi connectivity index (χ2n) is 6.71. The standard InChI is InChI=1S/C20H23N5O3S2/c1-15-9-7-8-12-17(15)21-19(26)14-29-20-23-22-18(24(20)2)13-25(30(3,27)28)16-10-5-4-6-11-16/h4-12H,13-14H2,1-3H3,(H,21,26). The molecule has 0 aliphatic carbocycles. The summed E-state index contributed by atoms with van der Waals surface area (Å²) >= 11 is 1.24. The van der Waals surface area contributed by atoms with Crippen molar-refractivity contribution in [2.24, 2.45) is 7.05 Å². The van der Waals surface area contributed by atoms with Crippen LogP contribution in [0.5, 0.6) is 0 Å². The number of nitrogens with zero attached hydrogens (tertiary/aromatic N) is 4. The Kier molecular flexibility index (Phi) is 6.78. The fourth-order valence-electron chi connectivity index (χ4n) is 2.76. The molecule has 2 aromatic carbocycles. The van der Waals surface area contributed by atoms with Gasteiger partial charge in [0.2, 0.25) is 15.9 Å². The van der Waals surface area contributed by atoms with E-state index >= 15 is 0 Å². The zero-order valence-electron chi connectivity index (χ0n) is 16.9. The van der Waals surface area contributed by atoms with Gasteiger partial charge in [0, 0.05) is 12.7 Å². The van der Waals surface area contributed by atoms with Crippen LogP contribution >= 0.6 is 11.8 Å². The maximum Gasteiger partial charge on any atom is 0.234 e. The number of benzene rings is 2. The molecule has 0 aliphatic rings. The Morgan fingerprint density at radius 3 is 2.43 bits per heavy atom. The molecule has 0 saturated carbocycles. The van der Waals surface area contributed by atoms with Crippen LogP contribution in [0.25, 0.3) is 0 Å². The van der Waals surface area contributed by atoms with E-state index in [1.165, 1.54) is 16.1 Å². The number of nitrogens with one attached hydrogen (secondary N) is 1. The topological polar surface area (TPSA) is 97.2 Å². The maximum atomic E-state index is 12.3. The Morgan fingerprint density at radius 2 is 1.77 bits per heavy atom. The van der Waals surface area contributed by atoms with Crippen molar-refractivity contribution in [2.45, 2.75) is 18.6 Å². The summed E-state index contributed by atoms with van der Waals surface area (Å²) in [4.78, 5) is 12.3. The second kappa shape index (κ2) is 9.31. The molecular weight excluding hydrogens is 422 g/mol. The first-order valence-corrected chi connectivity index (χ1v) is 12.0. The van der Waals surface area contributed by atoms with E-state index < -0.39 is 10.0 Å². The summed E-state index contributed by atoms with van der Waals surface area (Å²) in [6.45, 7) is 1.97. The molecule has 1 N–H and O–H groups in total. The lowest BCUT2D eigenvalue weighted by molar-refractivity contribution is -0.113. The number of sulfonamides is 1. The Balaban J connectivity index is 1.68. The number of para-hydroxylation sites is 2. The van der Waals surface area contributed by atoms with Gasteiger partial charge in [0.25, 0.3) is 0 Å². The van der Waals surface area contributed by atoms with Crippen LogP contribution in [-0.4, -0.2) is 41.1 Å². The Morgan fingerprint density at radius 1 is 1.10 bits per heavy atom. The van der Waals surface area contributed by atoms with Crippen LogP contribution in [0, 0.1) is 6.92 Å². The number of carbonyl (C=O) groups is 1. The summed E-state index contributed by atoms with van der Waals surface area (Å²) in [6.07, 6.45) is 1.15. The fourth-order valence-corrected chi connectivity index (χ4v) is 4.35. The highest BCUT2D eigenvalue weighted by Crippen LogP contribution is 2.22. The highest BCUT2D eigenvalue weighted by atomic mass is 32.2. The summed E-state index contributed by atoms with van der Waals surface area (Å²) in [7, 11) is -1.75. The lowest BCUT2D eigenvalue weighted by atomic mass is 10.2. The largest absolute Gasteiger partial charge is 0.325 e. The summed E-state index contributed by atoms with van der Waals surface area (Å²) in [5.41, 5.74) is 2.31. The molecule has 0 bridgehead atoms. The zero-order valence-corrected chi connectivity index (χ0v) is 18.6. The number of carbonyl (C=O) groups excluding carboxylic acids is 1. The molecule has 10 heteroatoms. The SMILES string of the molecule is Cc1ccccc1NC(=O)CSc1nnc(CN(c2ccccc2)S(C)(=O)=O)n1C. The van der Waals surface area contributed by atoms with Crippen molar-refractivity contribution in [3.8, 4) is 0 Å². The molecule has 8 nitrogen and oxygen atoms in total. The van der Waals surface area contributed by atoms with Gasteiger partial charge in [-0.1, -0.05) is 48.2 Å². The normalized spacial score (nSPS) is 11.3. The van der Waals surface area contributed by atoms with Gasteiger partial charge in [0.15, 0.2) is 11.0 Å². The molecule has 0 saturated heterocycles. The molecule has 158 valence electrons. The summed E-state index contributed by atoms with van der Waals surface area (Å²) in [5.74, 6) is 0.487. The lowest BCUT2D eigenvalue weighted by Crippen LogP contribution is -2.30. The molecule has 0 radical (unpaired) electrons. The van der Waals surface area contributed by atoms with Crippen LogP contribution in [0.1, 0.15) is 11.4 Å². The molecule has 0 unspecified atom stereocenters. The van der Waals surface area contributed by atoms with Gasteiger partial charge in [-0.05, 0) is 30.7 Å². The zero-order chi connectivity index (χ0) is 21.7. The van der Waals surface area contributed by atoms with Crippen molar-refractivity contribution < 1.29 is 13.2 Å². The number of anilines is 2. The van der Waals surface area contributed by atoms with E-state index in [1.54, 1.807) is 35.9 Å². The molecule has 0 aliphatic heterocycles. The van der Waals surface area contributed by atoms with E-state index in [0.717, 1.165) is 17.5 Å². The van der Waals surface area contributed by atoms with Crippen molar-refractivity contribution in [3.63, 3.8) is 0 Å². The van der Waals surface area contributed by atoms with E-state index in [4.69, 9.17) is 0 Å². The first-order valence-electron chi connectivity index (χ1n) is 9.15. The van der Waals surface area contributed by atoms with Gasteiger partial charge in [-0.3, -0.25) is 9.10 Å². The Labute approximate surface area is 180 Å². The predicted molar refractivity (Wildman–Crippen MR) is 119 cm³/mol. The van der Waals surface area contributed by atoms with Gasteiger partial charge < -0.3 is 9.88 Å². The average Bonchev–Trinajstić information content (AvgIpc) is 3.05. The maximum absolute atomic E-state index is 12.3. The van der Waals surface area contributed by atoms with Gasteiger partial charge in [-0.25, -0.2) is 8.42 Å². The second-order valence-corrected chi connectivity index (χ2v) is 9.56. The summed E-state index contributed by atoms with van der Waals surface area (Å²) in [6, 6.07) is 16.4. The number of amides is 1. The predicted octanol–water partition coefficient (Wildman–Crippen LogP) is 2.82. The van der Waals surface area contributed by atoms with Gasteiger partial charge in [0.05, 0.1) is 24.2 Å². The van der Waals surface area contributed by atoms with E-state index in [2.05, 4.69) is 15.5 Å². The minimum absolute atomic E-state index is 0.0440. The van der Waals surface area contributed by atoms with Crippen LogP contribution in [0.4, 0.5) is 11.4 Å². The number of rotatable bonds is 8. The van der Waals surface area contributed by atoms with Crippen LogP contribution in [0.2, 0.25) is 0 Å². The molecule has 0 atom stereocenters. The first-order chi connectivity index (χ1) is 14.3. The van der Waals surface area contributed by atoms with Crippen molar-refractivity contribution in [3.05, 3.63) is 66.0 Å². The van der Waals surface area contributed by atoms with E-state index in [-0.39, 0.29) is 18.2 Å². The number of aryl methyl sites for hydroxylation is 1. The van der Waals surface area contributed by atoms with Crippen molar-refractivity contribution in [2.75, 3.05) is 21.6 Å². The smallest absolute Gasteiger partial charge is 0.234 e. The fraction of sp³-hybridized carbons (Fsp3) is 0.250. The van der Waals surface area contributed by atoms with E-state index in [9.17, 15) is 13.2 Å². The lowest BCUT2D eigenvalue weighted by Gasteiger charge is -2.21. The third-order valence-electron chi connectivity index (χ3n) is 4.41. The number of hydrogen-bond acceptors (Lipinski definition) is 6. The minimum Gasteiger partial charge on any atom is -0.325 e. The Hall–Kier alpha value is -2.85. The van der Waals surface area contributed by atoms with Crippen molar-refractivity contribution in [1.82, 2.24) is 14.8 Å². The molecule has 3 rings (SSSR count). The highest BCUT2D eigenvalue weighted by Gasteiger charge is 2.21. The van der Waals surface area contributed by atoms with Crippen molar-refractivity contribution >= 4 is 39.1 Å². The number of aromatic nitrogens is 3. The van der Waals surface area contributed by atoms with Crippen molar-refractivity contribution in [1.29, 1.82) is 0 Å². The van der Waals surface area contributed by atoms with Crippen LogP contribution in [0.3, 0.4) is 0 Å². The van der Waals surface area contributed by atoms with E-state index in [0.29, 0.717) is 16.7 Å². The van der Waals surface area contributed by atoms with Gasteiger partial charge in [-0.15, -0.1) is 10.2 Å². The van der Waals surface area contributed by atoms with Gasteiger partial charge in [-0.2, -0.15) is 0 Å². The third kappa shape index (κ3) is 5.39. The first kappa shape index (κ1) is 21.8. The Bertz CT molecular complexity index is 1130. The third-order valence-corrected chi connectivity index (χ3v) is 6.57. The minimum atomic E-state index is -3.51. The molecule has 1 aromatic heterocycles. The van der Waals surface area contributed by atoms with Crippen LogP contribution in [0.15, 0.2) is 59.8 Å². The molecule has 0 fully saturated rings. The monoisotopic (exact) mass is 445 g/mol. The molecule has 3 aromatic rings.